The van der Waals surface area contributed by atoms with Gasteiger partial charge in [0.15, 0.2) is 0 Å². The Morgan fingerprint density at radius 3 is 2.45 bits per heavy atom. The van der Waals surface area contributed by atoms with Crippen molar-refractivity contribution in [3.8, 4) is 11.3 Å². The second kappa shape index (κ2) is 5.20. The second-order valence-electron chi connectivity index (χ2n) is 5.79. The van der Waals surface area contributed by atoms with E-state index in [4.69, 9.17) is 5.73 Å². The van der Waals surface area contributed by atoms with Crippen molar-refractivity contribution >= 4 is 21.7 Å². The van der Waals surface area contributed by atoms with Crippen LogP contribution in [0.25, 0.3) is 11.3 Å². The Hall–Kier alpha value is -1.36. The van der Waals surface area contributed by atoms with E-state index in [-0.39, 0.29) is 11.2 Å². The Kier molecular flexibility index (Phi) is 3.91. The van der Waals surface area contributed by atoms with Gasteiger partial charge in [0.1, 0.15) is 23.2 Å². The molecule has 0 unspecified atom stereocenters. The van der Waals surface area contributed by atoms with E-state index < -0.39 is 0 Å². The number of anilines is 1. The molecule has 1 heterocycles. The molecule has 0 saturated heterocycles. The quantitative estimate of drug-likeness (QED) is 0.883. The highest BCUT2D eigenvalue weighted by Gasteiger charge is 2.25. The van der Waals surface area contributed by atoms with E-state index in [1.54, 1.807) is 12.1 Å². The minimum atomic E-state index is -0.327. The average Bonchev–Trinajstić information content (AvgIpc) is 2.66. The number of hydrogen-bond acceptors (Lipinski definition) is 2. The van der Waals surface area contributed by atoms with Gasteiger partial charge in [0.25, 0.3) is 0 Å². The summed E-state index contributed by atoms with van der Waals surface area (Å²) in [7, 11) is 0. The van der Waals surface area contributed by atoms with E-state index in [1.165, 1.54) is 6.07 Å². The highest BCUT2D eigenvalue weighted by Crippen LogP contribution is 2.33. The minimum Gasteiger partial charge on any atom is -0.383 e. The van der Waals surface area contributed by atoms with Crippen LogP contribution >= 0.6 is 15.9 Å². The normalized spacial score (nSPS) is 11.9. The lowest BCUT2D eigenvalue weighted by Crippen LogP contribution is -2.19. The van der Waals surface area contributed by atoms with Gasteiger partial charge in [-0.1, -0.05) is 36.7 Å². The standard InChI is InChI=1S/C15H19BrFN3/c1-5-20-13(18)12(19-14(20)15(2,3)4)10-7-6-9(16)8-11(10)17/h6-8H,5,18H2,1-4H3. The molecule has 2 aromatic rings. The predicted molar refractivity (Wildman–Crippen MR) is 84.1 cm³/mol. The molecule has 108 valence electrons. The molecule has 5 heteroatoms. The Labute approximate surface area is 127 Å². The number of nitrogens with two attached hydrogens (primary N) is 1. The molecule has 0 saturated carbocycles. The summed E-state index contributed by atoms with van der Waals surface area (Å²) in [6.07, 6.45) is 0. The molecule has 2 N–H and O–H groups in total. The zero-order chi connectivity index (χ0) is 15.1. The van der Waals surface area contributed by atoms with Crippen LogP contribution in [0.5, 0.6) is 0 Å². The number of aromatic nitrogens is 2. The Morgan fingerprint density at radius 2 is 2.00 bits per heavy atom. The molecule has 0 amide bonds. The summed E-state index contributed by atoms with van der Waals surface area (Å²) in [5, 5.41) is 0. The molecule has 2 rings (SSSR count). The van der Waals surface area contributed by atoms with Gasteiger partial charge in [-0.05, 0) is 25.1 Å². The second-order valence-corrected chi connectivity index (χ2v) is 6.70. The van der Waals surface area contributed by atoms with Crippen molar-refractivity contribution in [1.29, 1.82) is 0 Å². The molecular formula is C15H19BrFN3. The third-order valence-electron chi connectivity index (χ3n) is 3.18. The van der Waals surface area contributed by atoms with Crippen LogP contribution in [0, 0.1) is 5.82 Å². The highest BCUT2D eigenvalue weighted by atomic mass is 79.9. The Bertz CT molecular complexity index is 641. The molecule has 0 aliphatic carbocycles. The van der Waals surface area contributed by atoms with E-state index in [2.05, 4.69) is 41.7 Å². The highest BCUT2D eigenvalue weighted by molar-refractivity contribution is 9.10. The fourth-order valence-corrected chi connectivity index (χ4v) is 2.57. The minimum absolute atomic E-state index is 0.145. The molecule has 20 heavy (non-hydrogen) atoms. The van der Waals surface area contributed by atoms with Crippen molar-refractivity contribution in [2.24, 2.45) is 0 Å². The molecule has 0 radical (unpaired) electrons. The zero-order valence-corrected chi connectivity index (χ0v) is 13.8. The van der Waals surface area contributed by atoms with E-state index in [1.807, 2.05) is 11.5 Å². The van der Waals surface area contributed by atoms with Crippen LogP contribution in [0.15, 0.2) is 22.7 Å². The number of halogens is 2. The first-order valence-corrected chi connectivity index (χ1v) is 7.37. The molecule has 0 aliphatic heterocycles. The van der Waals surface area contributed by atoms with Gasteiger partial charge in [-0.25, -0.2) is 9.37 Å². The molecule has 0 atom stereocenters. The summed E-state index contributed by atoms with van der Waals surface area (Å²) < 4.78 is 16.8. The lowest BCUT2D eigenvalue weighted by atomic mass is 9.95. The van der Waals surface area contributed by atoms with E-state index in [0.717, 1.165) is 5.82 Å². The van der Waals surface area contributed by atoms with Crippen molar-refractivity contribution in [1.82, 2.24) is 9.55 Å². The van der Waals surface area contributed by atoms with Gasteiger partial charge in [-0.2, -0.15) is 0 Å². The van der Waals surface area contributed by atoms with Crippen molar-refractivity contribution in [2.45, 2.75) is 39.7 Å². The number of imidazole rings is 1. The third-order valence-corrected chi connectivity index (χ3v) is 3.67. The molecule has 0 spiro atoms. The molecule has 0 bridgehead atoms. The maximum absolute atomic E-state index is 14.1. The van der Waals surface area contributed by atoms with Crippen molar-refractivity contribution in [2.75, 3.05) is 5.73 Å². The third kappa shape index (κ3) is 2.59. The molecular weight excluding hydrogens is 321 g/mol. The predicted octanol–water partition coefficient (Wildman–Crippen LogP) is 4.35. The van der Waals surface area contributed by atoms with Crippen LogP contribution in [-0.2, 0) is 12.0 Å². The fourth-order valence-electron chi connectivity index (χ4n) is 2.24. The Balaban J connectivity index is 2.67. The van der Waals surface area contributed by atoms with Crippen LogP contribution in [-0.4, -0.2) is 9.55 Å². The van der Waals surface area contributed by atoms with E-state index >= 15 is 0 Å². The van der Waals surface area contributed by atoms with Gasteiger partial charge < -0.3 is 10.3 Å². The molecule has 1 aromatic carbocycles. The van der Waals surface area contributed by atoms with Gasteiger partial charge in [0.2, 0.25) is 0 Å². The Morgan fingerprint density at radius 1 is 1.35 bits per heavy atom. The molecule has 1 aromatic heterocycles. The summed E-state index contributed by atoms with van der Waals surface area (Å²) >= 11 is 3.26. The van der Waals surface area contributed by atoms with Gasteiger partial charge in [0, 0.05) is 22.0 Å². The van der Waals surface area contributed by atoms with Gasteiger partial charge in [-0.3, -0.25) is 0 Å². The maximum Gasteiger partial charge on any atom is 0.133 e. The van der Waals surface area contributed by atoms with Crippen molar-refractivity contribution in [3.63, 3.8) is 0 Å². The molecule has 0 fully saturated rings. The summed E-state index contributed by atoms with van der Waals surface area (Å²) in [6, 6.07) is 4.92. The van der Waals surface area contributed by atoms with Crippen LogP contribution in [0.3, 0.4) is 0 Å². The van der Waals surface area contributed by atoms with Crippen LogP contribution in [0.4, 0.5) is 10.2 Å². The van der Waals surface area contributed by atoms with Crippen LogP contribution < -0.4 is 5.73 Å². The van der Waals surface area contributed by atoms with E-state index in [0.29, 0.717) is 28.1 Å². The van der Waals surface area contributed by atoms with Gasteiger partial charge >= 0.3 is 0 Å². The number of nitrogens with zero attached hydrogens (tertiary/aromatic N) is 2. The topological polar surface area (TPSA) is 43.8 Å². The lowest BCUT2D eigenvalue weighted by Gasteiger charge is -2.19. The monoisotopic (exact) mass is 339 g/mol. The summed E-state index contributed by atoms with van der Waals surface area (Å²) in [5.41, 5.74) is 6.98. The first-order chi connectivity index (χ1) is 9.25. The van der Waals surface area contributed by atoms with Crippen molar-refractivity contribution < 1.29 is 4.39 Å². The van der Waals surface area contributed by atoms with Gasteiger partial charge in [-0.15, -0.1) is 0 Å². The van der Waals surface area contributed by atoms with Crippen molar-refractivity contribution in [3.05, 3.63) is 34.3 Å². The zero-order valence-electron chi connectivity index (χ0n) is 12.2. The number of rotatable bonds is 2. The average molecular weight is 340 g/mol. The maximum atomic E-state index is 14.1. The fraction of sp³-hybridized carbons (Fsp3) is 0.400. The van der Waals surface area contributed by atoms with Gasteiger partial charge in [0.05, 0.1) is 0 Å². The van der Waals surface area contributed by atoms with E-state index in [9.17, 15) is 4.39 Å². The number of benzene rings is 1. The lowest BCUT2D eigenvalue weighted by molar-refractivity contribution is 0.508. The first kappa shape index (κ1) is 15.0. The van der Waals surface area contributed by atoms with Crippen LogP contribution in [0.2, 0.25) is 0 Å². The first-order valence-electron chi connectivity index (χ1n) is 6.57. The molecule has 0 aliphatic rings. The largest absolute Gasteiger partial charge is 0.383 e. The molecule has 3 nitrogen and oxygen atoms in total. The number of hydrogen-bond donors (Lipinski definition) is 1. The number of nitrogen functional groups attached to an aromatic ring is 1. The summed E-state index contributed by atoms with van der Waals surface area (Å²) in [5.74, 6) is 1.06. The van der Waals surface area contributed by atoms with Crippen LogP contribution in [0.1, 0.15) is 33.5 Å². The summed E-state index contributed by atoms with van der Waals surface area (Å²) in [4.78, 5) is 4.60. The smallest absolute Gasteiger partial charge is 0.133 e. The summed E-state index contributed by atoms with van der Waals surface area (Å²) in [6.45, 7) is 8.94. The SMILES string of the molecule is CCn1c(C(C)(C)C)nc(-c2ccc(Br)cc2F)c1N.